The van der Waals surface area contributed by atoms with Gasteiger partial charge in [-0.3, -0.25) is 9.69 Å². The van der Waals surface area contributed by atoms with E-state index in [-0.39, 0.29) is 5.91 Å². The van der Waals surface area contributed by atoms with Gasteiger partial charge in [-0.05, 0) is 57.3 Å². The van der Waals surface area contributed by atoms with Gasteiger partial charge in [0.25, 0.3) is 0 Å². The van der Waals surface area contributed by atoms with Crippen LogP contribution in [0, 0.1) is 12.8 Å². The second kappa shape index (κ2) is 8.40. The third kappa shape index (κ3) is 5.14. The second-order valence-electron chi connectivity index (χ2n) is 6.52. The van der Waals surface area contributed by atoms with E-state index in [1.165, 1.54) is 17.7 Å². The van der Waals surface area contributed by atoms with Crippen molar-refractivity contribution in [1.82, 2.24) is 9.88 Å². The number of anilines is 1. The molecular weight excluding hydrogens is 318 g/mol. The van der Waals surface area contributed by atoms with Crippen molar-refractivity contribution in [3.05, 3.63) is 46.4 Å². The van der Waals surface area contributed by atoms with Crippen LogP contribution in [0.2, 0.25) is 0 Å². The summed E-state index contributed by atoms with van der Waals surface area (Å²) in [5.74, 6) is 0.801. The highest BCUT2D eigenvalue weighted by atomic mass is 32.1. The van der Waals surface area contributed by atoms with E-state index in [0.717, 1.165) is 36.8 Å². The number of benzene rings is 1. The lowest BCUT2D eigenvalue weighted by Gasteiger charge is -2.31. The number of nitrogens with one attached hydrogen (secondary N) is 1. The average Bonchev–Trinajstić information content (AvgIpc) is 3.00. The lowest BCUT2D eigenvalue weighted by Crippen LogP contribution is -2.33. The van der Waals surface area contributed by atoms with Crippen molar-refractivity contribution in [2.45, 2.75) is 39.2 Å². The summed E-state index contributed by atoms with van der Waals surface area (Å²) in [6.07, 6.45) is 5.99. The van der Waals surface area contributed by atoms with E-state index in [1.54, 1.807) is 11.3 Å². The fourth-order valence-corrected chi connectivity index (χ4v) is 4.05. The van der Waals surface area contributed by atoms with Crippen molar-refractivity contribution in [2.24, 2.45) is 5.92 Å². The molecule has 1 aromatic heterocycles. The van der Waals surface area contributed by atoms with E-state index in [0.29, 0.717) is 12.3 Å². The number of carbonyl (C=O) groups excluding carboxylic acids is 1. The topological polar surface area (TPSA) is 45.2 Å². The number of nitrogens with zero attached hydrogens (tertiary/aromatic N) is 2. The molecule has 1 aliphatic heterocycles. The molecule has 1 amide bonds. The van der Waals surface area contributed by atoms with Crippen LogP contribution in [0.5, 0.6) is 0 Å². The molecule has 1 fully saturated rings. The average molecular weight is 343 g/mol. The van der Waals surface area contributed by atoms with E-state index < -0.39 is 0 Å². The first-order valence-electron chi connectivity index (χ1n) is 8.67. The van der Waals surface area contributed by atoms with Crippen molar-refractivity contribution in [3.63, 3.8) is 0 Å². The molecule has 1 N–H and O–H groups in total. The molecule has 0 unspecified atom stereocenters. The maximum atomic E-state index is 12.0. The minimum Gasteiger partial charge on any atom is -0.326 e. The summed E-state index contributed by atoms with van der Waals surface area (Å²) < 4.78 is 0. The number of aromatic nitrogens is 1. The predicted molar refractivity (Wildman–Crippen MR) is 99.2 cm³/mol. The monoisotopic (exact) mass is 343 g/mol. The Morgan fingerprint density at radius 2 is 2.04 bits per heavy atom. The summed E-state index contributed by atoms with van der Waals surface area (Å²) in [6.45, 7) is 5.33. The Morgan fingerprint density at radius 1 is 1.29 bits per heavy atom. The van der Waals surface area contributed by atoms with Gasteiger partial charge in [-0.25, -0.2) is 4.98 Å². The van der Waals surface area contributed by atoms with Crippen molar-refractivity contribution in [2.75, 3.05) is 18.4 Å². The van der Waals surface area contributed by atoms with E-state index in [9.17, 15) is 4.79 Å². The van der Waals surface area contributed by atoms with Gasteiger partial charge < -0.3 is 5.32 Å². The molecule has 2 heterocycles. The molecule has 128 valence electrons. The third-order valence-corrected chi connectivity index (χ3v) is 5.49. The minimum absolute atomic E-state index is 0.128. The van der Waals surface area contributed by atoms with Crippen LogP contribution >= 0.6 is 11.3 Å². The van der Waals surface area contributed by atoms with Gasteiger partial charge in [-0.1, -0.05) is 18.2 Å². The summed E-state index contributed by atoms with van der Waals surface area (Å²) in [5.41, 5.74) is 0.886. The number of piperidine rings is 1. The number of thiazole rings is 1. The van der Waals surface area contributed by atoms with Crippen LogP contribution in [0.4, 0.5) is 5.69 Å². The first-order valence-corrected chi connectivity index (χ1v) is 9.49. The van der Waals surface area contributed by atoms with Crippen molar-refractivity contribution >= 4 is 22.9 Å². The van der Waals surface area contributed by atoms with Gasteiger partial charge in [0.2, 0.25) is 5.91 Å². The lowest BCUT2D eigenvalue weighted by molar-refractivity contribution is -0.116. The van der Waals surface area contributed by atoms with Gasteiger partial charge in [0.1, 0.15) is 0 Å². The molecule has 1 aliphatic rings. The Morgan fingerprint density at radius 3 is 2.71 bits per heavy atom. The number of likely N-dealkylation sites (tertiary alicyclic amines) is 1. The molecule has 0 bridgehead atoms. The number of carbonyl (C=O) groups is 1. The molecular formula is C19H25N3OS. The number of amides is 1. The maximum absolute atomic E-state index is 12.0. The Hall–Kier alpha value is -1.72. The van der Waals surface area contributed by atoms with E-state index in [2.05, 4.69) is 22.1 Å². The standard InChI is InChI=1S/C19H25N3OS/c1-15-20-13-18(24-15)14-22-11-9-16(10-12-22)7-8-19(23)21-17-5-3-2-4-6-17/h2-6,13,16H,7-12,14H2,1H3,(H,21,23). The number of aryl methyl sites for hydroxylation is 1. The molecule has 0 spiro atoms. The smallest absolute Gasteiger partial charge is 0.224 e. The molecule has 1 saturated heterocycles. The molecule has 5 heteroatoms. The van der Waals surface area contributed by atoms with Crippen LogP contribution in [0.1, 0.15) is 35.6 Å². The van der Waals surface area contributed by atoms with Crippen molar-refractivity contribution in [3.8, 4) is 0 Å². The summed E-state index contributed by atoms with van der Waals surface area (Å²) in [5, 5.41) is 4.11. The number of para-hydroxylation sites is 1. The highest BCUT2D eigenvalue weighted by molar-refractivity contribution is 7.11. The van der Waals surface area contributed by atoms with Gasteiger partial charge in [0.15, 0.2) is 0 Å². The van der Waals surface area contributed by atoms with Crippen LogP contribution in [-0.2, 0) is 11.3 Å². The first-order chi connectivity index (χ1) is 11.7. The summed E-state index contributed by atoms with van der Waals surface area (Å²) in [6, 6.07) is 9.69. The zero-order chi connectivity index (χ0) is 16.8. The molecule has 0 radical (unpaired) electrons. The fourth-order valence-electron chi connectivity index (χ4n) is 3.21. The number of hydrogen-bond acceptors (Lipinski definition) is 4. The molecule has 24 heavy (non-hydrogen) atoms. The van der Waals surface area contributed by atoms with E-state index >= 15 is 0 Å². The first kappa shape index (κ1) is 17.1. The fraction of sp³-hybridized carbons (Fsp3) is 0.474. The Balaban J connectivity index is 1.35. The normalized spacial score (nSPS) is 16.2. The minimum atomic E-state index is 0.128. The molecule has 3 rings (SSSR count). The van der Waals surface area contributed by atoms with Gasteiger partial charge in [-0.15, -0.1) is 11.3 Å². The summed E-state index contributed by atoms with van der Waals surface area (Å²) in [4.78, 5) is 20.2. The maximum Gasteiger partial charge on any atom is 0.224 e. The van der Waals surface area contributed by atoms with E-state index in [1.807, 2.05) is 36.5 Å². The molecule has 1 aromatic carbocycles. The summed E-state index contributed by atoms with van der Waals surface area (Å²) >= 11 is 1.79. The predicted octanol–water partition coefficient (Wildman–Crippen LogP) is 4.08. The highest BCUT2D eigenvalue weighted by Gasteiger charge is 2.20. The second-order valence-corrected chi connectivity index (χ2v) is 7.84. The zero-order valence-corrected chi connectivity index (χ0v) is 15.0. The molecule has 0 atom stereocenters. The van der Waals surface area contributed by atoms with Gasteiger partial charge in [0.05, 0.1) is 5.01 Å². The number of rotatable bonds is 6. The van der Waals surface area contributed by atoms with Crippen molar-refractivity contribution < 1.29 is 4.79 Å². The Bertz CT molecular complexity index is 648. The van der Waals surface area contributed by atoms with Crippen molar-refractivity contribution in [1.29, 1.82) is 0 Å². The van der Waals surface area contributed by atoms with E-state index in [4.69, 9.17) is 0 Å². The SMILES string of the molecule is Cc1ncc(CN2CCC(CCC(=O)Nc3ccccc3)CC2)s1. The molecule has 0 aliphatic carbocycles. The van der Waals surface area contributed by atoms with Crippen LogP contribution in [0.25, 0.3) is 0 Å². The van der Waals surface area contributed by atoms with Crippen LogP contribution < -0.4 is 5.32 Å². The number of hydrogen-bond donors (Lipinski definition) is 1. The van der Waals surface area contributed by atoms with Crippen LogP contribution in [0.3, 0.4) is 0 Å². The lowest BCUT2D eigenvalue weighted by atomic mass is 9.92. The van der Waals surface area contributed by atoms with Gasteiger partial charge in [-0.2, -0.15) is 0 Å². The largest absolute Gasteiger partial charge is 0.326 e. The zero-order valence-electron chi connectivity index (χ0n) is 14.2. The Labute approximate surface area is 147 Å². The van der Waals surface area contributed by atoms with Gasteiger partial charge in [0, 0.05) is 29.7 Å². The molecule has 4 nitrogen and oxygen atoms in total. The quantitative estimate of drug-likeness (QED) is 0.859. The van der Waals surface area contributed by atoms with Gasteiger partial charge >= 0.3 is 0 Å². The third-order valence-electron chi connectivity index (χ3n) is 4.59. The molecule has 0 saturated carbocycles. The highest BCUT2D eigenvalue weighted by Crippen LogP contribution is 2.24. The van der Waals surface area contributed by atoms with Crippen LogP contribution in [-0.4, -0.2) is 28.9 Å². The summed E-state index contributed by atoms with van der Waals surface area (Å²) in [7, 11) is 0. The van der Waals surface area contributed by atoms with Crippen LogP contribution in [0.15, 0.2) is 36.5 Å². The Kier molecular flexibility index (Phi) is 5.99. The molecule has 2 aromatic rings.